The minimum Gasteiger partial charge on any atom is -0.507 e. The molecule has 1 heterocycles. The van der Waals surface area contributed by atoms with Gasteiger partial charge in [-0.15, -0.1) is 0 Å². The monoisotopic (exact) mass is 486 g/mol. The van der Waals surface area contributed by atoms with Gasteiger partial charge in [0, 0.05) is 31.0 Å². The van der Waals surface area contributed by atoms with Gasteiger partial charge in [-0.25, -0.2) is 0 Å². The van der Waals surface area contributed by atoms with E-state index in [9.17, 15) is 14.7 Å². The summed E-state index contributed by atoms with van der Waals surface area (Å²) in [5.74, 6) is -0.339. The van der Waals surface area contributed by atoms with Crippen LogP contribution in [0.2, 0.25) is 0 Å². The molecule has 1 N–H and O–H groups in total. The first-order chi connectivity index (χ1) is 17.3. The number of carbonyl (C=O) groups is 2. The van der Waals surface area contributed by atoms with Crippen LogP contribution in [0, 0.1) is 6.92 Å². The van der Waals surface area contributed by atoms with Gasteiger partial charge < -0.3 is 19.5 Å². The second kappa shape index (κ2) is 10.2. The molecule has 4 rings (SSSR count). The van der Waals surface area contributed by atoms with Gasteiger partial charge in [0.15, 0.2) is 0 Å². The number of hydrogen-bond acceptors (Lipinski definition) is 6. The van der Waals surface area contributed by atoms with Crippen LogP contribution in [0.25, 0.3) is 5.76 Å². The number of aryl methyl sites for hydroxylation is 1. The van der Waals surface area contributed by atoms with Crippen molar-refractivity contribution >= 4 is 28.8 Å². The van der Waals surface area contributed by atoms with Crippen molar-refractivity contribution < 1.29 is 24.2 Å². The van der Waals surface area contributed by atoms with E-state index in [-0.39, 0.29) is 11.3 Å². The van der Waals surface area contributed by atoms with Crippen molar-refractivity contribution in [3.05, 3.63) is 89.0 Å². The number of methoxy groups -OCH3 is 1. The molecule has 1 unspecified atom stereocenters. The molecule has 0 radical (unpaired) electrons. The van der Waals surface area contributed by atoms with Gasteiger partial charge in [0.05, 0.1) is 25.3 Å². The van der Waals surface area contributed by atoms with Crippen LogP contribution >= 0.6 is 0 Å². The lowest BCUT2D eigenvalue weighted by molar-refractivity contribution is -0.132. The number of amides is 1. The minimum atomic E-state index is -0.804. The van der Waals surface area contributed by atoms with E-state index < -0.39 is 17.7 Å². The Morgan fingerprint density at radius 3 is 2.22 bits per heavy atom. The van der Waals surface area contributed by atoms with E-state index in [1.807, 2.05) is 57.1 Å². The zero-order chi connectivity index (χ0) is 26.0. The van der Waals surface area contributed by atoms with Crippen molar-refractivity contribution in [1.29, 1.82) is 0 Å². The molecule has 0 aliphatic carbocycles. The summed E-state index contributed by atoms with van der Waals surface area (Å²) in [5, 5.41) is 11.4. The number of ketones is 1. The summed E-state index contributed by atoms with van der Waals surface area (Å²) in [7, 11) is 5.45. The maximum Gasteiger partial charge on any atom is 0.300 e. The van der Waals surface area contributed by atoms with Gasteiger partial charge in [-0.05, 0) is 79.6 Å². The first kappa shape index (κ1) is 24.9. The number of hydrogen-bond donors (Lipinski definition) is 1. The molecule has 0 saturated carbocycles. The summed E-state index contributed by atoms with van der Waals surface area (Å²) in [6.45, 7) is 4.26. The average molecular weight is 487 g/mol. The number of carbonyl (C=O) groups excluding carboxylic acids is 2. The molecule has 1 amide bonds. The van der Waals surface area contributed by atoms with Crippen LogP contribution in [0.3, 0.4) is 0 Å². The van der Waals surface area contributed by atoms with Gasteiger partial charge in [0.25, 0.3) is 11.7 Å². The summed E-state index contributed by atoms with van der Waals surface area (Å²) < 4.78 is 10.9. The molecule has 1 saturated heterocycles. The van der Waals surface area contributed by atoms with Crippen molar-refractivity contribution in [2.75, 3.05) is 37.6 Å². The molecule has 0 bridgehead atoms. The minimum absolute atomic E-state index is 0.0380. The van der Waals surface area contributed by atoms with Gasteiger partial charge in [-0.2, -0.15) is 0 Å². The van der Waals surface area contributed by atoms with Gasteiger partial charge >= 0.3 is 0 Å². The van der Waals surface area contributed by atoms with Crippen LogP contribution in [0.1, 0.15) is 29.7 Å². The van der Waals surface area contributed by atoms with Crippen molar-refractivity contribution in [3.63, 3.8) is 0 Å². The predicted molar refractivity (Wildman–Crippen MR) is 141 cm³/mol. The molecule has 0 spiro atoms. The number of aliphatic hydroxyl groups is 1. The van der Waals surface area contributed by atoms with E-state index in [2.05, 4.69) is 0 Å². The summed E-state index contributed by atoms with van der Waals surface area (Å²) in [4.78, 5) is 30.1. The van der Waals surface area contributed by atoms with E-state index in [1.165, 1.54) is 4.90 Å². The Balaban J connectivity index is 1.89. The second-order valence-corrected chi connectivity index (χ2v) is 8.77. The predicted octanol–water partition coefficient (Wildman–Crippen LogP) is 5.09. The fraction of sp³-hybridized carbons (Fsp3) is 0.241. The van der Waals surface area contributed by atoms with Crippen molar-refractivity contribution in [2.24, 2.45) is 0 Å². The lowest BCUT2D eigenvalue weighted by atomic mass is 9.94. The lowest BCUT2D eigenvalue weighted by Gasteiger charge is -2.26. The second-order valence-electron chi connectivity index (χ2n) is 8.77. The van der Waals surface area contributed by atoms with Gasteiger partial charge in [0.1, 0.15) is 17.3 Å². The number of anilines is 2. The molecule has 3 aromatic rings. The van der Waals surface area contributed by atoms with E-state index in [0.29, 0.717) is 34.9 Å². The highest BCUT2D eigenvalue weighted by Gasteiger charge is 2.47. The summed E-state index contributed by atoms with van der Waals surface area (Å²) in [6.07, 6.45) is 0. The van der Waals surface area contributed by atoms with Gasteiger partial charge in [0.2, 0.25) is 0 Å². The number of nitrogens with zero attached hydrogens (tertiary/aromatic N) is 2. The Hall–Kier alpha value is -4.26. The van der Waals surface area contributed by atoms with Gasteiger partial charge in [-0.1, -0.05) is 12.1 Å². The highest BCUT2D eigenvalue weighted by Crippen LogP contribution is 2.43. The molecule has 1 aliphatic rings. The molecule has 36 heavy (non-hydrogen) atoms. The molecule has 3 aromatic carbocycles. The fourth-order valence-electron chi connectivity index (χ4n) is 4.42. The van der Waals surface area contributed by atoms with E-state index >= 15 is 0 Å². The number of benzene rings is 3. The first-order valence-electron chi connectivity index (χ1n) is 11.7. The normalized spacial score (nSPS) is 16.8. The smallest absolute Gasteiger partial charge is 0.300 e. The Morgan fingerprint density at radius 1 is 1.00 bits per heavy atom. The summed E-state index contributed by atoms with van der Waals surface area (Å²) in [5.41, 5.74) is 3.49. The molecular weight excluding hydrogens is 456 g/mol. The van der Waals surface area contributed by atoms with Crippen LogP contribution in [0.15, 0.2) is 72.3 Å². The maximum absolute atomic E-state index is 13.4. The van der Waals surface area contributed by atoms with E-state index in [0.717, 1.165) is 11.3 Å². The quantitative estimate of drug-likeness (QED) is 0.285. The zero-order valence-electron chi connectivity index (χ0n) is 21.1. The lowest BCUT2D eigenvalue weighted by Crippen LogP contribution is -2.29. The highest BCUT2D eigenvalue weighted by molar-refractivity contribution is 6.51. The molecule has 1 atom stereocenters. The standard InChI is InChI=1S/C29H30N2O5/c1-6-36-23-14-12-22(13-15-23)31-26(19-7-10-21(11-8-19)30(3)4)25(28(33)29(31)34)27(32)20-9-16-24(35-5)18(2)17-20/h7-17,26,32H,6H2,1-5H3/b27-25-. The topological polar surface area (TPSA) is 79.3 Å². The van der Waals surface area contributed by atoms with Crippen molar-refractivity contribution in [1.82, 2.24) is 0 Å². The average Bonchev–Trinajstić information content (AvgIpc) is 3.14. The van der Waals surface area contributed by atoms with Crippen LogP contribution in [0.4, 0.5) is 11.4 Å². The van der Waals surface area contributed by atoms with Gasteiger partial charge in [-0.3, -0.25) is 14.5 Å². The third-order valence-corrected chi connectivity index (χ3v) is 6.26. The Kier molecular flexibility index (Phi) is 7.01. The summed E-state index contributed by atoms with van der Waals surface area (Å²) >= 11 is 0. The number of Topliss-reactive ketones (excluding diaryl/α,β-unsaturated/α-hetero) is 1. The largest absolute Gasteiger partial charge is 0.507 e. The Morgan fingerprint density at radius 2 is 1.67 bits per heavy atom. The Bertz CT molecular complexity index is 1310. The van der Waals surface area contributed by atoms with Crippen LogP contribution < -0.4 is 19.3 Å². The van der Waals surface area contributed by atoms with Crippen molar-refractivity contribution in [3.8, 4) is 11.5 Å². The highest BCUT2D eigenvalue weighted by atomic mass is 16.5. The summed E-state index contributed by atoms with van der Waals surface area (Å²) in [6, 6.07) is 19.0. The van der Waals surface area contributed by atoms with Crippen LogP contribution in [-0.2, 0) is 9.59 Å². The number of aliphatic hydroxyl groups excluding tert-OH is 1. The SMILES string of the molecule is CCOc1ccc(N2C(=O)C(=O)/C(=C(\O)c3ccc(OC)c(C)c3)C2c2ccc(N(C)C)cc2)cc1. The first-order valence-corrected chi connectivity index (χ1v) is 11.7. The molecule has 1 fully saturated rings. The molecule has 1 aliphatic heterocycles. The molecule has 186 valence electrons. The maximum atomic E-state index is 13.4. The number of ether oxygens (including phenoxy) is 2. The van der Waals surface area contributed by atoms with Crippen molar-refractivity contribution in [2.45, 2.75) is 19.9 Å². The molecule has 7 heteroatoms. The zero-order valence-corrected chi connectivity index (χ0v) is 21.1. The fourth-order valence-corrected chi connectivity index (χ4v) is 4.42. The molecule has 0 aromatic heterocycles. The molecule has 7 nitrogen and oxygen atoms in total. The third kappa shape index (κ3) is 4.52. The van der Waals surface area contributed by atoms with E-state index in [1.54, 1.807) is 49.6 Å². The van der Waals surface area contributed by atoms with Crippen LogP contribution in [-0.4, -0.2) is 44.6 Å². The van der Waals surface area contributed by atoms with Crippen LogP contribution in [0.5, 0.6) is 11.5 Å². The molecular formula is C29H30N2O5. The Labute approximate surface area is 211 Å². The third-order valence-electron chi connectivity index (χ3n) is 6.26. The number of rotatable bonds is 7. The van der Waals surface area contributed by atoms with E-state index in [4.69, 9.17) is 9.47 Å².